The van der Waals surface area contributed by atoms with Gasteiger partial charge in [0.1, 0.15) is 5.60 Å². The Morgan fingerprint density at radius 2 is 2.31 bits per heavy atom. The number of likely N-dealkylation sites (tertiary alicyclic amines) is 1. The molecule has 0 atom stereocenters. The number of nitrogens with zero attached hydrogens (tertiary/aromatic N) is 2. The Balaban J connectivity index is 1.68. The molecule has 0 aromatic carbocycles. The van der Waals surface area contributed by atoms with Crippen LogP contribution in [0, 0.1) is 12.8 Å². The van der Waals surface area contributed by atoms with Crippen molar-refractivity contribution < 1.29 is 14.4 Å². The molecule has 1 aliphatic heterocycles. The molecule has 1 saturated heterocycles. The van der Waals surface area contributed by atoms with Crippen molar-refractivity contribution in [3.05, 3.63) is 17.5 Å². The molecule has 0 radical (unpaired) electrons. The van der Waals surface area contributed by atoms with E-state index < -0.39 is 5.60 Å². The summed E-state index contributed by atoms with van der Waals surface area (Å²) in [5.74, 6) is 0.519. The lowest BCUT2D eigenvalue weighted by molar-refractivity contribution is -0.0966. The van der Waals surface area contributed by atoms with Gasteiger partial charge in [0.05, 0.1) is 19.3 Å². The van der Waals surface area contributed by atoms with Crippen LogP contribution < -0.4 is 0 Å². The summed E-state index contributed by atoms with van der Waals surface area (Å²) in [5, 5.41) is 13.7. The Bertz CT molecular complexity index is 430. The van der Waals surface area contributed by atoms with E-state index in [1.807, 2.05) is 0 Å². The number of rotatable bonds is 2. The van der Waals surface area contributed by atoms with Crippen molar-refractivity contribution in [3.8, 4) is 0 Å². The third kappa shape index (κ3) is 1.35. The number of amides is 1. The van der Waals surface area contributed by atoms with Crippen LogP contribution in [0.15, 0.2) is 10.7 Å². The van der Waals surface area contributed by atoms with E-state index in [2.05, 4.69) is 5.16 Å². The first-order chi connectivity index (χ1) is 7.60. The van der Waals surface area contributed by atoms with Gasteiger partial charge in [0.15, 0.2) is 0 Å². The molecule has 0 unspecified atom stereocenters. The third-order valence-electron chi connectivity index (χ3n) is 3.50. The second-order valence-electron chi connectivity index (χ2n) is 4.88. The van der Waals surface area contributed by atoms with E-state index in [0.29, 0.717) is 19.0 Å². The molecule has 1 amide bonds. The summed E-state index contributed by atoms with van der Waals surface area (Å²) in [6.45, 7) is 2.64. The van der Waals surface area contributed by atoms with Crippen molar-refractivity contribution in [2.24, 2.45) is 5.92 Å². The van der Waals surface area contributed by atoms with Crippen LogP contribution in [0.5, 0.6) is 0 Å². The predicted octanol–water partition coefficient (Wildman–Crippen LogP) is 0.580. The van der Waals surface area contributed by atoms with Gasteiger partial charge in [0, 0.05) is 5.56 Å². The van der Waals surface area contributed by atoms with E-state index in [0.717, 1.165) is 18.4 Å². The average Bonchev–Trinajstić information content (AvgIpc) is 2.97. The van der Waals surface area contributed by atoms with Gasteiger partial charge < -0.3 is 14.5 Å². The van der Waals surface area contributed by atoms with Crippen molar-refractivity contribution in [1.29, 1.82) is 0 Å². The molecule has 1 N–H and O–H groups in total. The molecule has 1 aromatic rings. The van der Waals surface area contributed by atoms with Crippen molar-refractivity contribution in [2.75, 3.05) is 13.1 Å². The molecule has 0 bridgehead atoms. The van der Waals surface area contributed by atoms with Crippen molar-refractivity contribution in [2.45, 2.75) is 25.4 Å². The van der Waals surface area contributed by atoms with Gasteiger partial charge in [-0.15, -0.1) is 0 Å². The van der Waals surface area contributed by atoms with Gasteiger partial charge in [-0.25, -0.2) is 0 Å². The van der Waals surface area contributed by atoms with Crippen molar-refractivity contribution >= 4 is 5.91 Å². The molecule has 3 rings (SSSR count). The molecule has 1 aromatic heterocycles. The number of carbonyl (C=O) groups excluding carboxylic acids is 1. The van der Waals surface area contributed by atoms with Gasteiger partial charge in [-0.3, -0.25) is 4.79 Å². The lowest BCUT2D eigenvalue weighted by Gasteiger charge is -2.46. The summed E-state index contributed by atoms with van der Waals surface area (Å²) in [6.07, 6.45) is 3.69. The zero-order valence-corrected chi connectivity index (χ0v) is 9.14. The molecule has 16 heavy (non-hydrogen) atoms. The smallest absolute Gasteiger partial charge is 0.292 e. The van der Waals surface area contributed by atoms with Crippen molar-refractivity contribution in [3.63, 3.8) is 0 Å². The molecule has 0 spiro atoms. The quantitative estimate of drug-likeness (QED) is 0.794. The Labute approximate surface area is 93.0 Å². The fraction of sp³-hybridized carbons (Fsp3) is 0.636. The number of aromatic nitrogens is 1. The first-order valence-corrected chi connectivity index (χ1v) is 5.53. The fourth-order valence-corrected chi connectivity index (χ4v) is 2.28. The summed E-state index contributed by atoms with van der Waals surface area (Å²) in [5.41, 5.74) is 0.107. The van der Waals surface area contributed by atoms with E-state index in [4.69, 9.17) is 4.52 Å². The largest absolute Gasteiger partial charge is 0.386 e. The predicted molar refractivity (Wildman–Crippen MR) is 54.8 cm³/mol. The van der Waals surface area contributed by atoms with Crippen LogP contribution in [-0.2, 0) is 0 Å². The van der Waals surface area contributed by atoms with Crippen LogP contribution in [0.25, 0.3) is 0 Å². The lowest BCUT2D eigenvalue weighted by atomic mass is 9.88. The Hall–Kier alpha value is -1.36. The molecule has 1 aliphatic carbocycles. The van der Waals surface area contributed by atoms with Gasteiger partial charge in [-0.2, -0.15) is 0 Å². The molecule has 2 fully saturated rings. The van der Waals surface area contributed by atoms with Gasteiger partial charge in [-0.05, 0) is 25.7 Å². The highest BCUT2D eigenvalue weighted by atomic mass is 16.5. The minimum atomic E-state index is -0.635. The summed E-state index contributed by atoms with van der Waals surface area (Å²) >= 11 is 0. The number of carbonyl (C=O) groups is 1. The summed E-state index contributed by atoms with van der Waals surface area (Å²) in [7, 11) is 0. The van der Waals surface area contributed by atoms with E-state index >= 15 is 0 Å². The van der Waals surface area contributed by atoms with E-state index in [1.165, 1.54) is 6.20 Å². The highest BCUT2D eigenvalue weighted by Gasteiger charge is 2.53. The van der Waals surface area contributed by atoms with Crippen LogP contribution in [0.3, 0.4) is 0 Å². The first-order valence-electron chi connectivity index (χ1n) is 5.53. The number of hydrogen-bond donors (Lipinski definition) is 1. The number of aryl methyl sites for hydroxylation is 1. The van der Waals surface area contributed by atoms with E-state index in [9.17, 15) is 9.90 Å². The number of aliphatic hydroxyl groups is 1. The van der Waals surface area contributed by atoms with Crippen LogP contribution in [0.1, 0.15) is 29.0 Å². The maximum atomic E-state index is 11.9. The molecule has 2 aliphatic rings. The highest BCUT2D eigenvalue weighted by molar-refractivity contribution is 5.93. The minimum absolute atomic E-state index is 0.166. The second-order valence-corrected chi connectivity index (χ2v) is 4.88. The molecule has 86 valence electrons. The minimum Gasteiger partial charge on any atom is -0.386 e. The highest BCUT2D eigenvalue weighted by Crippen LogP contribution is 2.44. The van der Waals surface area contributed by atoms with E-state index in [1.54, 1.807) is 11.8 Å². The van der Waals surface area contributed by atoms with Crippen LogP contribution in [0.2, 0.25) is 0 Å². The van der Waals surface area contributed by atoms with E-state index in [-0.39, 0.29) is 11.7 Å². The molecule has 2 heterocycles. The summed E-state index contributed by atoms with van der Waals surface area (Å²) in [4.78, 5) is 13.5. The maximum absolute atomic E-state index is 11.9. The Kier molecular flexibility index (Phi) is 1.89. The van der Waals surface area contributed by atoms with Gasteiger partial charge >= 0.3 is 0 Å². The van der Waals surface area contributed by atoms with Gasteiger partial charge in [0.25, 0.3) is 5.91 Å². The Morgan fingerprint density at radius 3 is 2.81 bits per heavy atom. The second kappa shape index (κ2) is 3.07. The van der Waals surface area contributed by atoms with Gasteiger partial charge in [0.2, 0.25) is 5.76 Å². The third-order valence-corrected chi connectivity index (χ3v) is 3.50. The van der Waals surface area contributed by atoms with Crippen LogP contribution in [0.4, 0.5) is 0 Å². The standard InChI is InChI=1S/C11H14N2O3/c1-7-4-12-16-9(7)10(14)13-5-11(15,6-13)8-2-3-8/h4,8,15H,2-3,5-6H2,1H3. The molecule has 5 heteroatoms. The normalized spacial score (nSPS) is 23.0. The van der Waals surface area contributed by atoms with Crippen molar-refractivity contribution in [1.82, 2.24) is 10.1 Å². The average molecular weight is 222 g/mol. The zero-order chi connectivity index (χ0) is 11.3. The summed E-state index contributed by atoms with van der Waals surface area (Å²) < 4.78 is 4.90. The maximum Gasteiger partial charge on any atom is 0.292 e. The first kappa shape index (κ1) is 9.84. The topological polar surface area (TPSA) is 66.6 Å². The molecular weight excluding hydrogens is 208 g/mol. The van der Waals surface area contributed by atoms with Crippen LogP contribution >= 0.6 is 0 Å². The summed E-state index contributed by atoms with van der Waals surface area (Å²) in [6, 6.07) is 0. The number of β-amino-alcohol motifs (C(OH)–C–C–N with tert-alkyl or cyclic N) is 1. The lowest BCUT2D eigenvalue weighted by Crippen LogP contribution is -2.64. The van der Waals surface area contributed by atoms with Crippen LogP contribution in [-0.4, -0.2) is 39.8 Å². The zero-order valence-electron chi connectivity index (χ0n) is 9.14. The monoisotopic (exact) mass is 222 g/mol. The number of hydrogen-bond acceptors (Lipinski definition) is 4. The van der Waals surface area contributed by atoms with Gasteiger partial charge in [-0.1, -0.05) is 5.16 Å². The molecule has 1 saturated carbocycles. The SMILES string of the molecule is Cc1cnoc1C(=O)N1CC(O)(C2CC2)C1. The fourth-order valence-electron chi connectivity index (χ4n) is 2.28. The molecule has 5 nitrogen and oxygen atoms in total. The molecular formula is C11H14N2O3. The Morgan fingerprint density at radius 1 is 1.62 bits per heavy atom.